The van der Waals surface area contributed by atoms with Crippen LogP contribution in [0.5, 0.6) is 0 Å². The Kier molecular flexibility index (Phi) is 5.99. The van der Waals surface area contributed by atoms with Gasteiger partial charge in [0, 0.05) is 29.2 Å². The first kappa shape index (κ1) is 18.4. The number of anilines is 1. The van der Waals surface area contributed by atoms with E-state index in [1.807, 2.05) is 11.4 Å². The minimum atomic E-state index is -0.649. The molecule has 0 aliphatic heterocycles. The zero-order valence-corrected chi connectivity index (χ0v) is 15.3. The van der Waals surface area contributed by atoms with Gasteiger partial charge in [-0.25, -0.2) is 0 Å². The molecule has 0 radical (unpaired) electrons. The summed E-state index contributed by atoms with van der Waals surface area (Å²) in [6.45, 7) is 0. The van der Waals surface area contributed by atoms with E-state index in [9.17, 15) is 13.8 Å². The van der Waals surface area contributed by atoms with E-state index in [4.69, 9.17) is 0 Å². The van der Waals surface area contributed by atoms with E-state index in [0.29, 0.717) is 21.7 Å². The van der Waals surface area contributed by atoms with Crippen LogP contribution in [0.3, 0.4) is 0 Å². The topological polar surface area (TPSA) is 88.5 Å². The Bertz CT molecular complexity index is 1110. The van der Waals surface area contributed by atoms with Crippen LogP contribution in [0.4, 0.5) is 5.69 Å². The van der Waals surface area contributed by atoms with E-state index in [0.717, 1.165) is 0 Å². The number of amides is 2. The largest absolute Gasteiger partial charge is 0.321 e. The molecule has 132 valence electrons. The zero-order valence-electron chi connectivity index (χ0n) is 13.7. The summed E-state index contributed by atoms with van der Waals surface area (Å²) >= 11 is 1.22. The monoisotopic (exact) mass is 393 g/mol. The molecule has 0 aliphatic carbocycles. The molecule has 27 heavy (non-hydrogen) atoms. The molecule has 3 rings (SSSR count). The molecular formula is C19H11N3O3S2. The van der Waals surface area contributed by atoms with Gasteiger partial charge in [-0.15, -0.1) is 15.7 Å². The predicted molar refractivity (Wildman–Crippen MR) is 104 cm³/mol. The first-order valence-corrected chi connectivity index (χ1v) is 9.20. The minimum absolute atomic E-state index is 0.146. The molecular weight excluding hydrogens is 382 g/mol. The average Bonchev–Trinajstić information content (AvgIpc) is 3.22. The van der Waals surface area contributed by atoms with Gasteiger partial charge in [-0.1, -0.05) is 24.0 Å². The average molecular weight is 393 g/mol. The van der Waals surface area contributed by atoms with Gasteiger partial charge in [-0.05, 0) is 35.7 Å². The third-order valence-corrected chi connectivity index (χ3v) is 4.43. The first-order valence-electron chi connectivity index (χ1n) is 7.62. The zero-order chi connectivity index (χ0) is 19.1. The summed E-state index contributed by atoms with van der Waals surface area (Å²) in [5, 5.41) is 4.66. The number of aromatic nitrogens is 1. The van der Waals surface area contributed by atoms with Crippen molar-refractivity contribution < 1.29 is 13.8 Å². The normalized spacial score (nSPS) is 9.63. The number of hydrogen-bond donors (Lipinski definition) is 1. The maximum Gasteiger partial charge on any atom is 0.291 e. The van der Waals surface area contributed by atoms with Gasteiger partial charge >= 0.3 is 0 Å². The number of pyridine rings is 1. The summed E-state index contributed by atoms with van der Waals surface area (Å²) in [7, 11) is 0. The van der Waals surface area contributed by atoms with Crippen LogP contribution < -0.4 is 5.32 Å². The fraction of sp³-hybridized carbons (Fsp3) is 0. The number of thiophene rings is 1. The van der Waals surface area contributed by atoms with Crippen molar-refractivity contribution in [2.45, 2.75) is 0 Å². The molecule has 3 aromatic rings. The summed E-state index contributed by atoms with van der Waals surface area (Å²) in [6, 6.07) is 12.2. The van der Waals surface area contributed by atoms with Crippen molar-refractivity contribution in [1.29, 1.82) is 0 Å². The lowest BCUT2D eigenvalue weighted by molar-refractivity contribution is 0.100. The standard InChI is InChI=1S/C19H11N3O3S2/c23-18(22-27-25)15-9-14(11-20-12-15)7-6-13-3-1-4-16(10-13)21-19(24)17-5-2-8-26-17/h1-5,8-12H,(H,21,24). The Morgan fingerprint density at radius 3 is 2.70 bits per heavy atom. The lowest BCUT2D eigenvalue weighted by atomic mass is 10.1. The number of carbonyl (C=O) groups is 2. The third kappa shape index (κ3) is 5.04. The van der Waals surface area contributed by atoms with Gasteiger partial charge in [0.2, 0.25) is 11.5 Å². The Hall–Kier alpha value is -3.41. The van der Waals surface area contributed by atoms with Gasteiger partial charge < -0.3 is 5.32 Å². The number of rotatable bonds is 3. The Morgan fingerprint density at radius 1 is 1.07 bits per heavy atom. The molecule has 0 bridgehead atoms. The van der Waals surface area contributed by atoms with Crippen molar-refractivity contribution in [1.82, 2.24) is 4.98 Å². The van der Waals surface area contributed by atoms with E-state index in [1.165, 1.54) is 29.8 Å². The fourth-order valence-corrected chi connectivity index (χ4v) is 2.92. The van der Waals surface area contributed by atoms with Crippen molar-refractivity contribution >= 4 is 40.3 Å². The van der Waals surface area contributed by atoms with Gasteiger partial charge in [-0.3, -0.25) is 14.6 Å². The number of benzene rings is 1. The molecule has 0 unspecified atom stereocenters. The molecule has 0 fully saturated rings. The number of nitrogens with zero attached hydrogens (tertiary/aromatic N) is 2. The molecule has 2 heterocycles. The molecule has 0 aliphatic rings. The highest BCUT2D eigenvalue weighted by molar-refractivity contribution is 7.55. The van der Waals surface area contributed by atoms with Crippen LogP contribution in [0.1, 0.15) is 31.2 Å². The van der Waals surface area contributed by atoms with E-state index in [-0.39, 0.29) is 22.9 Å². The van der Waals surface area contributed by atoms with Crippen LogP contribution in [0, 0.1) is 11.8 Å². The second-order valence-electron chi connectivity index (χ2n) is 5.20. The lowest BCUT2D eigenvalue weighted by Crippen LogP contribution is -2.09. The highest BCUT2D eigenvalue weighted by Crippen LogP contribution is 2.14. The Balaban J connectivity index is 1.77. The fourth-order valence-electron chi connectivity index (χ4n) is 2.13. The van der Waals surface area contributed by atoms with Crippen molar-refractivity contribution in [3.8, 4) is 11.8 Å². The first-order chi connectivity index (χ1) is 13.2. The van der Waals surface area contributed by atoms with Crippen LogP contribution in [0.15, 0.2) is 64.6 Å². The molecule has 8 heteroatoms. The molecule has 0 saturated carbocycles. The van der Waals surface area contributed by atoms with Crippen molar-refractivity contribution in [2.24, 2.45) is 4.36 Å². The summed E-state index contributed by atoms with van der Waals surface area (Å²) in [4.78, 5) is 28.3. The third-order valence-electron chi connectivity index (χ3n) is 3.32. The van der Waals surface area contributed by atoms with Crippen LogP contribution in [0.25, 0.3) is 0 Å². The highest BCUT2D eigenvalue weighted by Gasteiger charge is 2.07. The maximum absolute atomic E-state index is 12.1. The molecule has 2 aromatic heterocycles. The van der Waals surface area contributed by atoms with Gasteiger partial charge in [0.15, 0.2) is 0 Å². The van der Waals surface area contributed by atoms with Gasteiger partial charge in [0.1, 0.15) is 0 Å². The van der Waals surface area contributed by atoms with E-state index < -0.39 is 5.91 Å². The molecule has 1 aromatic carbocycles. The van der Waals surface area contributed by atoms with Crippen LogP contribution >= 0.6 is 11.3 Å². The summed E-state index contributed by atoms with van der Waals surface area (Å²) in [5.74, 6) is 5.04. The maximum atomic E-state index is 12.1. The summed E-state index contributed by atoms with van der Waals surface area (Å²) < 4.78 is 13.6. The molecule has 0 atom stereocenters. The molecule has 1 N–H and O–H groups in total. The van der Waals surface area contributed by atoms with Crippen molar-refractivity contribution in [3.63, 3.8) is 0 Å². The SMILES string of the molecule is O=S=NC(=O)c1cncc(C#Cc2cccc(NC(=O)c3cccs3)c2)c1. The molecule has 0 spiro atoms. The summed E-state index contributed by atoms with van der Waals surface area (Å²) in [5.41, 5.74) is 2.03. The van der Waals surface area contributed by atoms with Crippen LogP contribution in [-0.4, -0.2) is 21.0 Å². The second kappa shape index (κ2) is 8.80. The number of carbonyl (C=O) groups excluding carboxylic acids is 2. The highest BCUT2D eigenvalue weighted by atomic mass is 32.1. The number of nitrogens with one attached hydrogen (secondary N) is 1. The smallest absolute Gasteiger partial charge is 0.291 e. The Morgan fingerprint density at radius 2 is 1.93 bits per heavy atom. The van der Waals surface area contributed by atoms with E-state index in [1.54, 1.807) is 30.3 Å². The lowest BCUT2D eigenvalue weighted by Gasteiger charge is -2.03. The van der Waals surface area contributed by atoms with Crippen molar-refractivity contribution in [3.05, 3.63) is 81.8 Å². The van der Waals surface area contributed by atoms with Crippen molar-refractivity contribution in [2.75, 3.05) is 5.32 Å². The second-order valence-corrected chi connectivity index (χ2v) is 6.47. The van der Waals surface area contributed by atoms with Gasteiger partial charge in [0.05, 0.1) is 10.4 Å². The van der Waals surface area contributed by atoms with Crippen LogP contribution in [-0.2, 0) is 11.5 Å². The number of hydrogen-bond acceptors (Lipinski definition) is 5. The predicted octanol–water partition coefficient (Wildman–Crippen LogP) is 3.33. The van der Waals surface area contributed by atoms with E-state index in [2.05, 4.69) is 26.5 Å². The minimum Gasteiger partial charge on any atom is -0.321 e. The van der Waals surface area contributed by atoms with Gasteiger partial charge in [0.25, 0.3) is 11.8 Å². The molecule has 6 nitrogen and oxygen atoms in total. The van der Waals surface area contributed by atoms with Gasteiger partial charge in [-0.2, -0.15) is 4.21 Å². The van der Waals surface area contributed by atoms with E-state index >= 15 is 0 Å². The quantitative estimate of drug-likeness (QED) is 0.691. The summed E-state index contributed by atoms with van der Waals surface area (Å²) in [6.07, 6.45) is 2.84. The molecule has 0 saturated heterocycles. The van der Waals surface area contributed by atoms with Crippen LogP contribution in [0.2, 0.25) is 0 Å². The Labute approximate surface area is 162 Å². The molecule has 2 amide bonds.